The molecular formula is C31H60. The van der Waals surface area contributed by atoms with Gasteiger partial charge in [0.15, 0.2) is 0 Å². The van der Waals surface area contributed by atoms with Gasteiger partial charge in [-0.05, 0) is 76.4 Å². The van der Waals surface area contributed by atoms with Crippen LogP contribution in [0.1, 0.15) is 154 Å². The van der Waals surface area contributed by atoms with Crippen LogP contribution >= 0.6 is 0 Å². The molecule has 0 aliphatic heterocycles. The predicted octanol–water partition coefficient (Wildman–Crippen LogP) is 10.7. The van der Waals surface area contributed by atoms with Gasteiger partial charge in [0.2, 0.25) is 0 Å². The lowest BCUT2D eigenvalue weighted by Crippen LogP contribution is -2.69. The predicted molar refractivity (Wildman–Crippen MR) is 140 cm³/mol. The molecule has 0 nitrogen and oxygen atoms in total. The second-order valence-corrected chi connectivity index (χ2v) is 15.9. The molecule has 0 unspecified atom stereocenters. The zero-order chi connectivity index (χ0) is 23.9. The minimum atomic E-state index is 0.240. The Morgan fingerprint density at radius 2 is 0.742 bits per heavy atom. The van der Waals surface area contributed by atoms with Crippen molar-refractivity contribution >= 4 is 0 Å². The summed E-state index contributed by atoms with van der Waals surface area (Å²) >= 11 is 0. The van der Waals surface area contributed by atoms with Gasteiger partial charge in [0.1, 0.15) is 0 Å². The third-order valence-electron chi connectivity index (χ3n) is 9.56. The van der Waals surface area contributed by atoms with Crippen molar-refractivity contribution in [2.75, 3.05) is 0 Å². The Balaban J connectivity index is 3.01. The molecule has 0 aromatic carbocycles. The molecule has 0 heteroatoms. The smallest absolute Gasteiger partial charge is 0.00898 e. The first-order chi connectivity index (χ1) is 13.9. The number of rotatable bonds is 4. The fourth-order valence-corrected chi connectivity index (χ4v) is 10.9. The average Bonchev–Trinajstić information content (AvgIpc) is 2.58. The zero-order valence-corrected chi connectivity index (χ0v) is 23.9. The van der Waals surface area contributed by atoms with Gasteiger partial charge in [0.25, 0.3) is 0 Å². The molecule has 0 amide bonds. The Morgan fingerprint density at radius 1 is 0.452 bits per heavy atom. The van der Waals surface area contributed by atoms with E-state index in [-0.39, 0.29) is 21.7 Å². The van der Waals surface area contributed by atoms with Crippen LogP contribution in [-0.2, 0) is 0 Å². The maximum absolute atomic E-state index is 2.62. The van der Waals surface area contributed by atoms with Crippen LogP contribution in [0.5, 0.6) is 0 Å². The second-order valence-electron chi connectivity index (χ2n) is 15.9. The maximum atomic E-state index is 2.62. The Kier molecular flexibility index (Phi) is 7.89. The van der Waals surface area contributed by atoms with Crippen LogP contribution in [0.3, 0.4) is 0 Å². The largest absolute Gasteiger partial charge is 0.0602 e. The summed E-state index contributed by atoms with van der Waals surface area (Å²) in [6, 6.07) is 0. The van der Waals surface area contributed by atoms with E-state index in [1.54, 1.807) is 0 Å². The molecule has 184 valence electrons. The van der Waals surface area contributed by atoms with Crippen LogP contribution in [0.2, 0.25) is 0 Å². The number of hydrogen-bond donors (Lipinski definition) is 0. The van der Waals surface area contributed by atoms with Crippen molar-refractivity contribution in [3.63, 3.8) is 0 Å². The topological polar surface area (TPSA) is 0 Å². The van der Waals surface area contributed by atoms with E-state index in [0.717, 1.165) is 11.8 Å². The van der Waals surface area contributed by atoms with Gasteiger partial charge < -0.3 is 0 Å². The second kappa shape index (κ2) is 8.98. The third-order valence-corrected chi connectivity index (χ3v) is 9.56. The average molecular weight is 433 g/mol. The molecule has 0 aromatic heterocycles. The molecule has 0 N–H and O–H groups in total. The monoisotopic (exact) mass is 432 g/mol. The van der Waals surface area contributed by atoms with Gasteiger partial charge in [-0.1, -0.05) is 122 Å². The molecule has 0 atom stereocenters. The molecule has 2 rings (SSSR count). The standard InChI is InChI=1S/C31H60/c1-26(2,3)23-30(24-19-15-13-16-20-24,25-21-17-14-18-22-25)31(27(4,5)6,28(7,8)9)29(10,11)12/h24-25H,13-23H2,1-12H3. The fourth-order valence-electron chi connectivity index (χ4n) is 10.9. The Hall–Kier alpha value is 0. The lowest BCUT2D eigenvalue weighted by molar-refractivity contribution is -0.273. The van der Waals surface area contributed by atoms with Crippen molar-refractivity contribution in [1.29, 1.82) is 0 Å². The summed E-state index contributed by atoms with van der Waals surface area (Å²) < 4.78 is 0. The van der Waals surface area contributed by atoms with E-state index in [1.165, 1.54) is 70.6 Å². The minimum absolute atomic E-state index is 0.240. The van der Waals surface area contributed by atoms with Crippen molar-refractivity contribution in [2.24, 2.45) is 44.3 Å². The summed E-state index contributed by atoms with van der Waals surface area (Å²) in [7, 11) is 0. The van der Waals surface area contributed by atoms with Crippen LogP contribution < -0.4 is 0 Å². The summed E-state index contributed by atoms with van der Waals surface area (Å²) in [6.07, 6.45) is 16.0. The molecule has 2 fully saturated rings. The van der Waals surface area contributed by atoms with Crippen molar-refractivity contribution in [3.05, 3.63) is 0 Å². The molecule has 0 saturated heterocycles. The van der Waals surface area contributed by atoms with Gasteiger partial charge in [-0.25, -0.2) is 0 Å². The SMILES string of the molecule is CC(C)(C)CC(C1CCCCC1)(C1CCCCC1)C(C(C)(C)C)(C(C)(C)C)C(C)(C)C. The van der Waals surface area contributed by atoms with Gasteiger partial charge in [0, 0.05) is 0 Å². The Labute approximate surface area is 198 Å². The van der Waals surface area contributed by atoms with Crippen molar-refractivity contribution < 1.29 is 0 Å². The molecule has 2 saturated carbocycles. The normalized spacial score (nSPS) is 22.1. The highest BCUT2D eigenvalue weighted by Crippen LogP contribution is 2.77. The molecular weight excluding hydrogens is 372 g/mol. The van der Waals surface area contributed by atoms with Gasteiger partial charge in [-0.15, -0.1) is 0 Å². The van der Waals surface area contributed by atoms with E-state index < -0.39 is 0 Å². The van der Waals surface area contributed by atoms with E-state index in [1.807, 2.05) is 0 Å². The highest BCUT2D eigenvalue weighted by atomic mass is 14.7. The minimum Gasteiger partial charge on any atom is -0.0602 e. The van der Waals surface area contributed by atoms with E-state index >= 15 is 0 Å². The van der Waals surface area contributed by atoms with Crippen molar-refractivity contribution in [1.82, 2.24) is 0 Å². The Bertz CT molecular complexity index is 499. The molecule has 0 heterocycles. The first-order valence-corrected chi connectivity index (χ1v) is 13.9. The molecule has 31 heavy (non-hydrogen) atoms. The van der Waals surface area contributed by atoms with Crippen LogP contribution in [0, 0.1) is 44.3 Å². The highest BCUT2D eigenvalue weighted by Gasteiger charge is 2.71. The van der Waals surface area contributed by atoms with Gasteiger partial charge >= 0.3 is 0 Å². The van der Waals surface area contributed by atoms with Crippen molar-refractivity contribution in [2.45, 2.75) is 154 Å². The zero-order valence-electron chi connectivity index (χ0n) is 23.9. The van der Waals surface area contributed by atoms with Gasteiger partial charge in [0.05, 0.1) is 0 Å². The van der Waals surface area contributed by atoms with E-state index in [0.29, 0.717) is 10.8 Å². The lowest BCUT2D eigenvalue weighted by Gasteiger charge is -2.75. The Morgan fingerprint density at radius 3 is 0.968 bits per heavy atom. The van der Waals surface area contributed by atoms with Crippen LogP contribution in [-0.4, -0.2) is 0 Å². The van der Waals surface area contributed by atoms with E-state index in [9.17, 15) is 0 Å². The van der Waals surface area contributed by atoms with Gasteiger partial charge in [-0.3, -0.25) is 0 Å². The lowest BCUT2D eigenvalue weighted by atomic mass is 9.29. The van der Waals surface area contributed by atoms with Crippen LogP contribution in [0.15, 0.2) is 0 Å². The number of hydrogen-bond acceptors (Lipinski definition) is 0. The fraction of sp³-hybridized carbons (Fsp3) is 1.00. The van der Waals surface area contributed by atoms with E-state index in [4.69, 9.17) is 0 Å². The summed E-state index contributed by atoms with van der Waals surface area (Å²) in [5, 5.41) is 0. The van der Waals surface area contributed by atoms with Crippen LogP contribution in [0.25, 0.3) is 0 Å². The molecule has 0 spiro atoms. The third kappa shape index (κ3) is 4.80. The molecule has 0 bridgehead atoms. The van der Waals surface area contributed by atoms with Gasteiger partial charge in [-0.2, -0.15) is 0 Å². The first kappa shape index (κ1) is 27.2. The molecule has 0 radical (unpaired) electrons. The summed E-state index contributed by atoms with van der Waals surface area (Å²) in [5.74, 6) is 1.75. The summed E-state index contributed by atoms with van der Waals surface area (Å²) in [6.45, 7) is 31.2. The quantitative estimate of drug-likeness (QED) is 0.414. The molecule has 2 aliphatic carbocycles. The molecule has 2 aliphatic rings. The molecule has 0 aromatic rings. The highest BCUT2D eigenvalue weighted by molar-refractivity contribution is 5.19. The first-order valence-electron chi connectivity index (χ1n) is 13.9. The summed E-state index contributed by atoms with van der Waals surface area (Å²) in [4.78, 5) is 0. The summed E-state index contributed by atoms with van der Waals surface area (Å²) in [5.41, 5.74) is 1.71. The van der Waals surface area contributed by atoms with E-state index in [2.05, 4.69) is 83.1 Å². The van der Waals surface area contributed by atoms with Crippen molar-refractivity contribution in [3.8, 4) is 0 Å². The maximum Gasteiger partial charge on any atom is -0.00898 e. The van der Waals surface area contributed by atoms with Crippen LogP contribution in [0.4, 0.5) is 0 Å².